The minimum Gasteiger partial charge on any atom is -0.478 e. The number of aromatic nitrogens is 1. The fourth-order valence-corrected chi connectivity index (χ4v) is 1.63. The van der Waals surface area contributed by atoms with E-state index in [0.29, 0.717) is 24.5 Å². The number of rotatable bonds is 6. The molecule has 1 rings (SSSR count). The van der Waals surface area contributed by atoms with E-state index in [2.05, 4.69) is 4.98 Å². The summed E-state index contributed by atoms with van der Waals surface area (Å²) in [5.74, 6) is -0.470. The maximum atomic E-state index is 11.2. The molecule has 0 aliphatic carbocycles. The Hall–Kier alpha value is -1.62. The smallest absolute Gasteiger partial charge is 0.339 e. The van der Waals surface area contributed by atoms with E-state index in [1.54, 1.807) is 24.1 Å². The number of carboxylic acid groups (broad SMARTS) is 1. The second-order valence-electron chi connectivity index (χ2n) is 4.47. The normalized spacial score (nSPS) is 10.7. The van der Waals surface area contributed by atoms with Crippen molar-refractivity contribution in [2.24, 2.45) is 0 Å². The van der Waals surface area contributed by atoms with Gasteiger partial charge in [-0.15, -0.1) is 0 Å². The molecule has 0 fully saturated rings. The van der Waals surface area contributed by atoms with Crippen molar-refractivity contribution < 1.29 is 14.6 Å². The first kappa shape index (κ1) is 14.4. The van der Waals surface area contributed by atoms with Crippen LogP contribution in [0.15, 0.2) is 12.3 Å². The van der Waals surface area contributed by atoms with Crippen LogP contribution in [0.25, 0.3) is 0 Å². The Morgan fingerprint density at radius 3 is 2.78 bits per heavy atom. The van der Waals surface area contributed by atoms with Crippen LogP contribution in [0.5, 0.6) is 0 Å². The number of hydrogen-bond donors (Lipinski definition) is 1. The molecular formula is C13H20N2O3. The zero-order valence-electron chi connectivity index (χ0n) is 11.3. The Labute approximate surface area is 107 Å². The minimum atomic E-state index is -0.952. The van der Waals surface area contributed by atoms with Gasteiger partial charge in [-0.3, -0.25) is 0 Å². The largest absolute Gasteiger partial charge is 0.478 e. The van der Waals surface area contributed by atoms with Gasteiger partial charge in [0.1, 0.15) is 11.4 Å². The van der Waals surface area contributed by atoms with Gasteiger partial charge in [0.05, 0.1) is 12.7 Å². The number of carboxylic acids is 1. The van der Waals surface area contributed by atoms with Crippen molar-refractivity contribution in [2.45, 2.75) is 26.9 Å². The predicted octanol–water partition coefficient (Wildman–Crippen LogP) is 1.95. The maximum Gasteiger partial charge on any atom is 0.339 e. The van der Waals surface area contributed by atoms with E-state index in [-0.39, 0.29) is 11.7 Å². The Morgan fingerprint density at radius 2 is 2.22 bits per heavy atom. The van der Waals surface area contributed by atoms with Gasteiger partial charge >= 0.3 is 5.97 Å². The van der Waals surface area contributed by atoms with Crippen molar-refractivity contribution in [1.82, 2.24) is 4.98 Å². The fourth-order valence-electron chi connectivity index (χ4n) is 1.63. The van der Waals surface area contributed by atoms with E-state index in [1.807, 2.05) is 20.9 Å². The number of aryl methyl sites for hydroxylation is 1. The van der Waals surface area contributed by atoms with Gasteiger partial charge in [-0.05, 0) is 32.4 Å². The summed E-state index contributed by atoms with van der Waals surface area (Å²) in [7, 11) is 1.82. The van der Waals surface area contributed by atoms with Crippen molar-refractivity contribution in [3.63, 3.8) is 0 Å². The third kappa shape index (κ3) is 3.70. The summed E-state index contributed by atoms with van der Waals surface area (Å²) in [4.78, 5) is 17.2. The van der Waals surface area contributed by atoms with E-state index in [0.717, 1.165) is 0 Å². The molecule has 0 aromatic carbocycles. The van der Waals surface area contributed by atoms with E-state index in [1.165, 1.54) is 0 Å². The number of aromatic carboxylic acids is 1. The number of nitrogens with zero attached hydrogens (tertiary/aromatic N) is 2. The topological polar surface area (TPSA) is 62.7 Å². The number of hydrogen-bond acceptors (Lipinski definition) is 4. The van der Waals surface area contributed by atoms with Gasteiger partial charge in [0, 0.05) is 19.8 Å². The van der Waals surface area contributed by atoms with Gasteiger partial charge in [-0.2, -0.15) is 0 Å². The van der Waals surface area contributed by atoms with Gasteiger partial charge in [-0.25, -0.2) is 9.78 Å². The highest BCUT2D eigenvalue weighted by molar-refractivity contribution is 5.94. The summed E-state index contributed by atoms with van der Waals surface area (Å²) in [6.07, 6.45) is 1.79. The van der Waals surface area contributed by atoms with E-state index in [4.69, 9.17) is 4.74 Å². The Bertz CT molecular complexity index is 419. The summed E-state index contributed by atoms with van der Waals surface area (Å²) < 4.78 is 5.45. The summed E-state index contributed by atoms with van der Waals surface area (Å²) in [5.41, 5.74) is 0.966. The zero-order chi connectivity index (χ0) is 13.7. The average molecular weight is 252 g/mol. The molecule has 1 heterocycles. The molecule has 1 aromatic rings. The molecule has 0 saturated heterocycles. The summed E-state index contributed by atoms with van der Waals surface area (Å²) in [6.45, 7) is 6.85. The molecule has 0 aliphatic rings. The summed E-state index contributed by atoms with van der Waals surface area (Å²) in [5, 5.41) is 9.21. The standard InChI is InChI=1S/C13H20N2O3/c1-9(2)18-8-7-15(4)12-11(13(16)17)10(3)5-6-14-12/h5-6,9H,7-8H2,1-4H3,(H,16,17). The highest BCUT2D eigenvalue weighted by Gasteiger charge is 2.17. The monoisotopic (exact) mass is 252 g/mol. The highest BCUT2D eigenvalue weighted by atomic mass is 16.5. The number of pyridine rings is 1. The molecule has 18 heavy (non-hydrogen) atoms. The number of likely N-dealkylation sites (N-methyl/N-ethyl adjacent to an activating group) is 1. The third-order valence-electron chi connectivity index (χ3n) is 2.59. The highest BCUT2D eigenvalue weighted by Crippen LogP contribution is 2.19. The number of ether oxygens (including phenoxy) is 1. The zero-order valence-corrected chi connectivity index (χ0v) is 11.3. The molecule has 1 aromatic heterocycles. The van der Waals surface area contributed by atoms with Gasteiger partial charge < -0.3 is 14.7 Å². The third-order valence-corrected chi connectivity index (χ3v) is 2.59. The molecule has 0 spiro atoms. The minimum absolute atomic E-state index is 0.169. The lowest BCUT2D eigenvalue weighted by Gasteiger charge is -2.21. The maximum absolute atomic E-state index is 11.2. The van der Waals surface area contributed by atoms with Crippen LogP contribution in [0.4, 0.5) is 5.82 Å². The fraction of sp³-hybridized carbons (Fsp3) is 0.538. The second-order valence-corrected chi connectivity index (χ2v) is 4.47. The molecule has 0 saturated carbocycles. The molecule has 0 amide bonds. The lowest BCUT2D eigenvalue weighted by Crippen LogP contribution is -2.27. The van der Waals surface area contributed by atoms with Crippen LogP contribution >= 0.6 is 0 Å². The van der Waals surface area contributed by atoms with Gasteiger partial charge in [0.25, 0.3) is 0 Å². The van der Waals surface area contributed by atoms with Crippen LogP contribution < -0.4 is 4.90 Å². The molecule has 0 aliphatic heterocycles. The quantitative estimate of drug-likeness (QED) is 0.838. The van der Waals surface area contributed by atoms with Crippen LogP contribution in [0.3, 0.4) is 0 Å². The number of carbonyl (C=O) groups is 1. The molecular weight excluding hydrogens is 232 g/mol. The molecule has 0 atom stereocenters. The first-order valence-corrected chi connectivity index (χ1v) is 5.95. The molecule has 1 N–H and O–H groups in total. The molecule has 5 heteroatoms. The van der Waals surface area contributed by atoms with Crippen LogP contribution in [-0.4, -0.2) is 42.4 Å². The first-order chi connectivity index (χ1) is 8.43. The van der Waals surface area contributed by atoms with Crippen LogP contribution in [0.2, 0.25) is 0 Å². The molecule has 5 nitrogen and oxygen atoms in total. The molecule has 0 unspecified atom stereocenters. The van der Waals surface area contributed by atoms with Crippen molar-refractivity contribution >= 4 is 11.8 Å². The van der Waals surface area contributed by atoms with Crippen molar-refractivity contribution in [3.8, 4) is 0 Å². The second kappa shape index (κ2) is 6.35. The Balaban J connectivity index is 2.82. The Kier molecular flexibility index (Phi) is 5.09. The first-order valence-electron chi connectivity index (χ1n) is 5.95. The predicted molar refractivity (Wildman–Crippen MR) is 70.3 cm³/mol. The SMILES string of the molecule is Cc1ccnc(N(C)CCOC(C)C)c1C(=O)O. The summed E-state index contributed by atoms with van der Waals surface area (Å²) >= 11 is 0. The lowest BCUT2D eigenvalue weighted by molar-refractivity contribution is 0.0694. The van der Waals surface area contributed by atoms with Gasteiger partial charge in [0.2, 0.25) is 0 Å². The number of anilines is 1. The van der Waals surface area contributed by atoms with E-state index < -0.39 is 5.97 Å². The van der Waals surface area contributed by atoms with E-state index in [9.17, 15) is 9.90 Å². The van der Waals surface area contributed by atoms with Crippen LogP contribution in [0.1, 0.15) is 29.8 Å². The van der Waals surface area contributed by atoms with Crippen molar-refractivity contribution in [3.05, 3.63) is 23.4 Å². The Morgan fingerprint density at radius 1 is 1.56 bits per heavy atom. The van der Waals surface area contributed by atoms with Crippen LogP contribution in [0, 0.1) is 6.92 Å². The van der Waals surface area contributed by atoms with Crippen molar-refractivity contribution in [1.29, 1.82) is 0 Å². The summed E-state index contributed by atoms with van der Waals surface area (Å²) in [6, 6.07) is 1.70. The van der Waals surface area contributed by atoms with Crippen LogP contribution in [-0.2, 0) is 4.74 Å². The molecule has 0 bridgehead atoms. The molecule has 0 radical (unpaired) electrons. The van der Waals surface area contributed by atoms with E-state index >= 15 is 0 Å². The van der Waals surface area contributed by atoms with Gasteiger partial charge in [0.15, 0.2) is 0 Å². The molecule has 100 valence electrons. The lowest BCUT2D eigenvalue weighted by atomic mass is 10.1. The van der Waals surface area contributed by atoms with Crippen molar-refractivity contribution in [2.75, 3.05) is 25.1 Å². The average Bonchev–Trinajstić information content (AvgIpc) is 2.27. The van der Waals surface area contributed by atoms with Gasteiger partial charge in [-0.1, -0.05) is 0 Å².